The number of nitrogens with one attached hydrogen (secondary N) is 2. The molecule has 5 nitrogen and oxygen atoms in total. The number of hydrogen-bond donors (Lipinski definition) is 2. The van der Waals surface area contributed by atoms with Crippen molar-refractivity contribution in [2.24, 2.45) is 5.41 Å². The number of thioether (sulfide) groups is 1. The Hall–Kier alpha value is -1.75. The molecule has 2 amide bonds. The van der Waals surface area contributed by atoms with Crippen LogP contribution in [-0.2, 0) is 0 Å². The Labute approximate surface area is 148 Å². The van der Waals surface area contributed by atoms with Gasteiger partial charge in [0.2, 0.25) is 10.3 Å². The highest BCUT2D eigenvalue weighted by molar-refractivity contribution is 8.03. The summed E-state index contributed by atoms with van der Waals surface area (Å²) in [7, 11) is 0. The lowest BCUT2D eigenvalue weighted by atomic mass is 9.99. The van der Waals surface area contributed by atoms with Gasteiger partial charge in [0.25, 0.3) is 0 Å². The molecule has 0 atom stereocenters. The SMILES string of the molecule is CC(C)(C)C#CSc1nsc(NC(=O)Nc2ccc(Cl)cc2)n1. The van der Waals surface area contributed by atoms with E-state index in [9.17, 15) is 4.79 Å². The number of aromatic nitrogens is 2. The second-order valence-corrected chi connectivity index (χ2v) is 7.51. The summed E-state index contributed by atoms with van der Waals surface area (Å²) in [5.74, 6) is 3.08. The van der Waals surface area contributed by atoms with Gasteiger partial charge in [-0.15, -0.1) is 0 Å². The summed E-state index contributed by atoms with van der Waals surface area (Å²) in [4.78, 5) is 16.1. The van der Waals surface area contributed by atoms with Crippen LogP contribution in [0, 0.1) is 16.6 Å². The van der Waals surface area contributed by atoms with Gasteiger partial charge in [-0.05, 0) is 50.3 Å². The number of carbonyl (C=O) groups excluding carboxylic acids is 1. The monoisotopic (exact) mass is 366 g/mol. The molecule has 0 saturated heterocycles. The van der Waals surface area contributed by atoms with Crippen LogP contribution in [-0.4, -0.2) is 15.4 Å². The summed E-state index contributed by atoms with van der Waals surface area (Å²) in [5, 5.41) is 9.82. The number of urea groups is 1. The van der Waals surface area contributed by atoms with Crippen LogP contribution in [0.1, 0.15) is 20.8 Å². The molecule has 1 aromatic carbocycles. The maximum Gasteiger partial charge on any atom is 0.325 e. The van der Waals surface area contributed by atoms with E-state index in [0.717, 1.165) is 11.5 Å². The van der Waals surface area contributed by atoms with Crippen molar-refractivity contribution in [3.8, 4) is 11.2 Å². The second-order valence-electron chi connectivity index (χ2n) is 5.55. The third kappa shape index (κ3) is 6.48. The Balaban J connectivity index is 1.89. The lowest BCUT2D eigenvalue weighted by molar-refractivity contribution is 0.262. The fourth-order valence-electron chi connectivity index (χ4n) is 1.32. The molecule has 0 radical (unpaired) electrons. The number of nitrogens with zero attached hydrogens (tertiary/aromatic N) is 2. The van der Waals surface area contributed by atoms with Crippen molar-refractivity contribution in [3.05, 3.63) is 29.3 Å². The number of halogens is 1. The normalized spacial score (nSPS) is 10.6. The fraction of sp³-hybridized carbons (Fsp3) is 0.267. The molecule has 0 bridgehead atoms. The highest BCUT2D eigenvalue weighted by Crippen LogP contribution is 2.21. The van der Waals surface area contributed by atoms with Crippen LogP contribution in [0.2, 0.25) is 5.02 Å². The van der Waals surface area contributed by atoms with Crippen LogP contribution in [0.15, 0.2) is 29.4 Å². The molecule has 2 N–H and O–H groups in total. The largest absolute Gasteiger partial charge is 0.325 e. The summed E-state index contributed by atoms with van der Waals surface area (Å²) in [6.07, 6.45) is 0. The molecule has 0 aliphatic heterocycles. The van der Waals surface area contributed by atoms with E-state index in [-0.39, 0.29) is 11.4 Å². The molecule has 1 heterocycles. The molecule has 0 aliphatic carbocycles. The molecule has 0 spiro atoms. The summed E-state index contributed by atoms with van der Waals surface area (Å²) in [6.45, 7) is 6.09. The molecule has 0 aliphatic rings. The van der Waals surface area contributed by atoms with Crippen LogP contribution in [0.25, 0.3) is 0 Å². The zero-order valence-electron chi connectivity index (χ0n) is 12.8. The summed E-state index contributed by atoms with van der Waals surface area (Å²) >= 11 is 8.14. The van der Waals surface area contributed by atoms with E-state index in [1.54, 1.807) is 24.3 Å². The maximum absolute atomic E-state index is 11.9. The number of carbonyl (C=O) groups is 1. The Morgan fingerprint density at radius 2 is 1.96 bits per heavy atom. The Morgan fingerprint density at radius 1 is 1.26 bits per heavy atom. The standard InChI is InChI=1S/C15H15ClN4OS2/c1-15(2,3)8-9-22-14-19-13(23-20-14)18-12(21)17-11-6-4-10(16)5-7-11/h4-7H,1-3H3,(H2,17,18,19,20,21). The van der Waals surface area contributed by atoms with Gasteiger partial charge in [0.15, 0.2) is 0 Å². The first kappa shape index (κ1) is 17.6. The van der Waals surface area contributed by atoms with Crippen LogP contribution in [0.3, 0.4) is 0 Å². The quantitative estimate of drug-likeness (QED) is 0.596. The molecule has 0 unspecified atom stereocenters. The Kier molecular flexibility index (Phi) is 5.88. The summed E-state index contributed by atoms with van der Waals surface area (Å²) in [6, 6.07) is 6.44. The number of hydrogen-bond acceptors (Lipinski definition) is 5. The van der Waals surface area contributed by atoms with Gasteiger partial charge in [0.05, 0.1) is 0 Å². The number of amides is 2. The van der Waals surface area contributed by atoms with E-state index in [0.29, 0.717) is 21.0 Å². The average Bonchev–Trinajstić information content (AvgIpc) is 2.87. The number of anilines is 2. The van der Waals surface area contributed by atoms with Crippen molar-refractivity contribution < 1.29 is 4.79 Å². The van der Waals surface area contributed by atoms with Crippen LogP contribution < -0.4 is 10.6 Å². The van der Waals surface area contributed by atoms with Crippen LogP contribution >= 0.6 is 34.9 Å². The van der Waals surface area contributed by atoms with Gasteiger partial charge in [0, 0.05) is 39.4 Å². The molecule has 2 aromatic rings. The molecule has 120 valence electrons. The zero-order valence-corrected chi connectivity index (χ0v) is 15.2. The van der Waals surface area contributed by atoms with Crippen molar-refractivity contribution in [1.82, 2.24) is 9.36 Å². The molecule has 8 heteroatoms. The van der Waals surface area contributed by atoms with Crippen molar-refractivity contribution in [1.29, 1.82) is 0 Å². The molecule has 23 heavy (non-hydrogen) atoms. The van der Waals surface area contributed by atoms with Gasteiger partial charge < -0.3 is 5.32 Å². The van der Waals surface area contributed by atoms with Crippen molar-refractivity contribution in [2.75, 3.05) is 10.6 Å². The highest BCUT2D eigenvalue weighted by atomic mass is 35.5. The van der Waals surface area contributed by atoms with Gasteiger partial charge in [0.1, 0.15) is 0 Å². The third-order valence-corrected chi connectivity index (χ3v) is 3.87. The van der Waals surface area contributed by atoms with E-state index in [1.165, 1.54) is 11.8 Å². The molecule has 2 rings (SSSR count). The molecular formula is C15H15ClN4OS2. The smallest absolute Gasteiger partial charge is 0.308 e. The van der Waals surface area contributed by atoms with Crippen molar-refractivity contribution >= 4 is 51.7 Å². The van der Waals surface area contributed by atoms with Crippen molar-refractivity contribution in [3.63, 3.8) is 0 Å². The molecule has 0 fully saturated rings. The second kappa shape index (κ2) is 7.68. The zero-order chi connectivity index (χ0) is 16.9. The number of benzene rings is 1. The third-order valence-electron chi connectivity index (χ3n) is 2.30. The fourth-order valence-corrected chi connectivity index (χ4v) is 2.82. The van der Waals surface area contributed by atoms with Gasteiger partial charge >= 0.3 is 6.03 Å². The van der Waals surface area contributed by atoms with Gasteiger partial charge in [-0.25, -0.2) is 4.79 Å². The molecule has 1 aromatic heterocycles. The first-order valence-electron chi connectivity index (χ1n) is 6.68. The lowest BCUT2D eigenvalue weighted by Gasteiger charge is -2.05. The highest BCUT2D eigenvalue weighted by Gasteiger charge is 2.09. The van der Waals surface area contributed by atoms with Crippen molar-refractivity contribution in [2.45, 2.75) is 25.9 Å². The minimum absolute atomic E-state index is 0.0669. The molecular weight excluding hydrogens is 352 g/mol. The minimum atomic E-state index is -0.388. The predicted molar refractivity (Wildman–Crippen MR) is 97.1 cm³/mol. The minimum Gasteiger partial charge on any atom is -0.308 e. The van der Waals surface area contributed by atoms with Crippen LogP contribution in [0.5, 0.6) is 0 Å². The Bertz CT molecular complexity index is 741. The molecule has 0 saturated carbocycles. The van der Waals surface area contributed by atoms with Crippen LogP contribution in [0.4, 0.5) is 15.6 Å². The van der Waals surface area contributed by atoms with E-state index < -0.39 is 0 Å². The Morgan fingerprint density at radius 3 is 2.61 bits per heavy atom. The first-order chi connectivity index (χ1) is 10.8. The van der Waals surface area contributed by atoms with Gasteiger partial charge in [-0.1, -0.05) is 17.5 Å². The van der Waals surface area contributed by atoms with Gasteiger partial charge in [-0.2, -0.15) is 9.36 Å². The number of rotatable bonds is 3. The summed E-state index contributed by atoms with van der Waals surface area (Å²) in [5.41, 5.74) is 0.574. The van der Waals surface area contributed by atoms with E-state index in [4.69, 9.17) is 11.6 Å². The van der Waals surface area contributed by atoms with E-state index in [1.807, 2.05) is 20.8 Å². The predicted octanol–water partition coefficient (Wildman–Crippen LogP) is 4.93. The summed E-state index contributed by atoms with van der Waals surface area (Å²) < 4.78 is 4.14. The van der Waals surface area contributed by atoms with E-state index in [2.05, 4.69) is 31.2 Å². The topological polar surface area (TPSA) is 66.9 Å². The first-order valence-corrected chi connectivity index (χ1v) is 8.65. The lowest BCUT2D eigenvalue weighted by Crippen LogP contribution is -2.19. The average molecular weight is 367 g/mol. The van der Waals surface area contributed by atoms with E-state index >= 15 is 0 Å². The van der Waals surface area contributed by atoms with Gasteiger partial charge in [-0.3, -0.25) is 5.32 Å². The maximum atomic E-state index is 11.9.